The van der Waals surface area contributed by atoms with Gasteiger partial charge in [-0.3, -0.25) is 4.90 Å². The van der Waals surface area contributed by atoms with Gasteiger partial charge in [0.25, 0.3) is 0 Å². The summed E-state index contributed by atoms with van der Waals surface area (Å²) in [6, 6.07) is 12.7. The first-order chi connectivity index (χ1) is 14.0. The van der Waals surface area contributed by atoms with Crippen molar-refractivity contribution in [3.63, 3.8) is 0 Å². The molecule has 1 aliphatic rings. The first-order valence-electron chi connectivity index (χ1n) is 10.6. The molecule has 3 N–H and O–H groups in total. The molecule has 1 aliphatic heterocycles. The van der Waals surface area contributed by atoms with E-state index in [1.165, 1.54) is 24.0 Å². The SMILES string of the molecule is CCNC(=NCC(C)(O)c1ccco1)NCC(c1ccc(C)cc1)N1CCCC1.I. The highest BCUT2D eigenvalue weighted by Crippen LogP contribution is 2.25. The van der Waals surface area contributed by atoms with Crippen LogP contribution in [0.15, 0.2) is 52.1 Å². The van der Waals surface area contributed by atoms with Gasteiger partial charge in [-0.25, -0.2) is 4.99 Å². The van der Waals surface area contributed by atoms with Gasteiger partial charge in [-0.2, -0.15) is 0 Å². The van der Waals surface area contributed by atoms with Gasteiger partial charge in [-0.15, -0.1) is 24.0 Å². The van der Waals surface area contributed by atoms with Gasteiger partial charge in [0.15, 0.2) is 5.96 Å². The minimum absolute atomic E-state index is 0. The predicted octanol–water partition coefficient (Wildman–Crippen LogP) is 3.81. The Kier molecular flexibility index (Phi) is 9.64. The topological polar surface area (TPSA) is 73.0 Å². The summed E-state index contributed by atoms with van der Waals surface area (Å²) in [5, 5.41) is 17.5. The minimum atomic E-state index is -1.14. The molecule has 1 aromatic carbocycles. The van der Waals surface area contributed by atoms with E-state index < -0.39 is 5.60 Å². The van der Waals surface area contributed by atoms with Crippen LogP contribution in [0.1, 0.15) is 49.6 Å². The molecule has 0 spiro atoms. The highest BCUT2D eigenvalue weighted by Gasteiger charge is 2.27. The summed E-state index contributed by atoms with van der Waals surface area (Å²) < 4.78 is 5.36. The van der Waals surface area contributed by atoms with Crippen molar-refractivity contribution in [2.75, 3.05) is 32.7 Å². The zero-order valence-corrected chi connectivity index (χ0v) is 20.6. The second kappa shape index (κ2) is 11.7. The van der Waals surface area contributed by atoms with E-state index in [1.807, 2.05) is 6.92 Å². The number of nitrogens with zero attached hydrogens (tertiary/aromatic N) is 2. The lowest BCUT2D eigenvalue weighted by atomic mass is 10.0. The third-order valence-electron chi connectivity index (χ3n) is 5.45. The van der Waals surface area contributed by atoms with E-state index in [1.54, 1.807) is 25.3 Å². The Hall–Kier alpha value is -1.58. The minimum Gasteiger partial charge on any atom is -0.466 e. The third kappa shape index (κ3) is 6.72. The van der Waals surface area contributed by atoms with Crippen LogP contribution in [-0.4, -0.2) is 48.7 Å². The predicted molar refractivity (Wildman–Crippen MR) is 132 cm³/mol. The lowest BCUT2D eigenvalue weighted by Crippen LogP contribution is -2.43. The summed E-state index contributed by atoms with van der Waals surface area (Å²) in [5.41, 5.74) is 1.46. The normalized spacial score (nSPS) is 17.8. The molecule has 0 radical (unpaired) electrons. The third-order valence-corrected chi connectivity index (χ3v) is 5.45. The maximum absolute atomic E-state index is 10.7. The van der Waals surface area contributed by atoms with Crippen LogP contribution in [0.5, 0.6) is 0 Å². The fourth-order valence-electron chi connectivity index (χ4n) is 3.73. The summed E-state index contributed by atoms with van der Waals surface area (Å²) in [7, 11) is 0. The highest BCUT2D eigenvalue weighted by atomic mass is 127. The van der Waals surface area contributed by atoms with Crippen molar-refractivity contribution in [2.24, 2.45) is 4.99 Å². The van der Waals surface area contributed by atoms with E-state index in [9.17, 15) is 5.11 Å². The number of likely N-dealkylation sites (tertiary alicyclic amines) is 1. The number of guanidine groups is 1. The average Bonchev–Trinajstić information content (AvgIpc) is 3.42. The molecule has 3 rings (SSSR count). The quantitative estimate of drug-likeness (QED) is 0.277. The molecule has 2 heterocycles. The number of rotatable bonds is 8. The van der Waals surface area contributed by atoms with Gasteiger partial charge in [0.05, 0.1) is 18.8 Å². The van der Waals surface area contributed by atoms with Gasteiger partial charge in [0.2, 0.25) is 0 Å². The van der Waals surface area contributed by atoms with E-state index >= 15 is 0 Å². The van der Waals surface area contributed by atoms with Gasteiger partial charge >= 0.3 is 0 Å². The van der Waals surface area contributed by atoms with Crippen molar-refractivity contribution >= 4 is 29.9 Å². The van der Waals surface area contributed by atoms with Crippen LogP contribution in [0.25, 0.3) is 0 Å². The van der Waals surface area contributed by atoms with Gasteiger partial charge in [-0.1, -0.05) is 29.8 Å². The molecule has 166 valence electrons. The first-order valence-corrected chi connectivity index (χ1v) is 10.6. The lowest BCUT2D eigenvalue weighted by molar-refractivity contribution is 0.0437. The molecule has 1 fully saturated rings. The first kappa shape index (κ1) is 24.7. The monoisotopic (exact) mass is 526 g/mol. The largest absolute Gasteiger partial charge is 0.466 e. The van der Waals surface area contributed by atoms with Crippen LogP contribution in [0, 0.1) is 6.92 Å². The van der Waals surface area contributed by atoms with E-state index in [0.717, 1.165) is 26.2 Å². The molecular weight excluding hydrogens is 491 g/mol. The number of furan rings is 1. The molecule has 1 aromatic heterocycles. The highest BCUT2D eigenvalue weighted by molar-refractivity contribution is 14.0. The fourth-order valence-corrected chi connectivity index (χ4v) is 3.73. The number of halogens is 1. The summed E-state index contributed by atoms with van der Waals surface area (Å²) in [5.74, 6) is 1.22. The smallest absolute Gasteiger partial charge is 0.191 e. The summed E-state index contributed by atoms with van der Waals surface area (Å²) in [6.07, 6.45) is 4.07. The second-order valence-corrected chi connectivity index (χ2v) is 8.00. The number of benzene rings is 1. The summed E-state index contributed by atoms with van der Waals surface area (Å²) >= 11 is 0. The van der Waals surface area contributed by atoms with E-state index in [4.69, 9.17) is 4.42 Å². The maximum Gasteiger partial charge on any atom is 0.191 e. The molecule has 1 saturated heterocycles. The van der Waals surface area contributed by atoms with Crippen LogP contribution in [0.4, 0.5) is 0 Å². The van der Waals surface area contributed by atoms with Gasteiger partial charge in [-0.05, 0) is 64.4 Å². The number of aliphatic hydroxyl groups is 1. The Morgan fingerprint density at radius 1 is 1.20 bits per heavy atom. The Bertz CT molecular complexity index is 769. The van der Waals surface area contributed by atoms with E-state index in [0.29, 0.717) is 17.8 Å². The van der Waals surface area contributed by atoms with Crippen LogP contribution in [0.3, 0.4) is 0 Å². The van der Waals surface area contributed by atoms with Gasteiger partial charge in [0.1, 0.15) is 11.4 Å². The molecule has 0 aliphatic carbocycles. The zero-order chi connectivity index (χ0) is 20.7. The van der Waals surface area contributed by atoms with Crippen molar-refractivity contribution in [2.45, 2.75) is 45.3 Å². The molecule has 0 bridgehead atoms. The number of hydrogen-bond donors (Lipinski definition) is 3. The lowest BCUT2D eigenvalue weighted by Gasteiger charge is -2.29. The van der Waals surface area contributed by atoms with Gasteiger partial charge < -0.3 is 20.2 Å². The standard InChI is InChI=1S/C23H34N4O2.HI/c1-4-24-22(26-17-23(3,28)21-8-7-15-29-21)25-16-20(27-13-5-6-14-27)19-11-9-18(2)10-12-19;/h7-12,15,20,28H,4-6,13-14,16-17H2,1-3H3,(H2,24,25,26);1H. The zero-order valence-electron chi connectivity index (χ0n) is 18.2. The van der Waals surface area contributed by atoms with Crippen LogP contribution >= 0.6 is 24.0 Å². The molecule has 30 heavy (non-hydrogen) atoms. The summed E-state index contributed by atoms with van der Waals surface area (Å²) in [6.45, 7) is 9.87. The Labute approximate surface area is 197 Å². The molecule has 0 saturated carbocycles. The van der Waals surface area contributed by atoms with Crippen molar-refractivity contribution in [1.82, 2.24) is 15.5 Å². The molecule has 2 aromatic rings. The maximum atomic E-state index is 10.7. The summed E-state index contributed by atoms with van der Waals surface area (Å²) in [4.78, 5) is 7.16. The molecule has 2 unspecified atom stereocenters. The number of aliphatic imine (C=N–C) groups is 1. The Morgan fingerprint density at radius 2 is 1.90 bits per heavy atom. The molecule has 2 atom stereocenters. The van der Waals surface area contributed by atoms with Crippen LogP contribution in [-0.2, 0) is 5.60 Å². The Balaban J connectivity index is 0.00000320. The Morgan fingerprint density at radius 3 is 2.50 bits per heavy atom. The van der Waals surface area contributed by atoms with Crippen LogP contribution < -0.4 is 10.6 Å². The number of nitrogens with one attached hydrogen (secondary N) is 2. The number of hydrogen-bond acceptors (Lipinski definition) is 4. The molecular formula is C23H35IN4O2. The number of aryl methyl sites for hydroxylation is 1. The van der Waals surface area contributed by atoms with Crippen LogP contribution in [0.2, 0.25) is 0 Å². The van der Waals surface area contributed by atoms with E-state index in [2.05, 4.69) is 51.7 Å². The fraction of sp³-hybridized carbons (Fsp3) is 0.522. The van der Waals surface area contributed by atoms with Crippen molar-refractivity contribution in [1.29, 1.82) is 0 Å². The molecule has 7 heteroatoms. The van der Waals surface area contributed by atoms with E-state index in [-0.39, 0.29) is 30.5 Å². The van der Waals surface area contributed by atoms with Crippen molar-refractivity contribution in [3.05, 3.63) is 59.5 Å². The van der Waals surface area contributed by atoms with Crippen molar-refractivity contribution in [3.8, 4) is 0 Å². The molecule has 6 nitrogen and oxygen atoms in total. The van der Waals surface area contributed by atoms with Crippen molar-refractivity contribution < 1.29 is 9.52 Å². The van der Waals surface area contributed by atoms with Gasteiger partial charge in [0, 0.05) is 13.1 Å². The second-order valence-electron chi connectivity index (χ2n) is 8.00. The average molecular weight is 526 g/mol. The molecule has 0 amide bonds.